The molecule has 0 N–H and O–H groups in total. The van der Waals surface area contributed by atoms with E-state index >= 15 is 0 Å². The number of nitrogens with zero attached hydrogens (tertiary/aromatic N) is 2. The average molecular weight is 234 g/mol. The number of hydrogen-bond acceptors (Lipinski definition) is 3. The van der Waals surface area contributed by atoms with Crippen LogP contribution in [-0.2, 0) is 17.3 Å². The van der Waals surface area contributed by atoms with Gasteiger partial charge in [-0.2, -0.15) is 21.6 Å². The monoisotopic (exact) mass is 234 g/mol. The topological polar surface area (TPSA) is 52.0 Å². The lowest BCUT2D eigenvalue weighted by Gasteiger charge is -1.95. The molecule has 1 heterocycles. The predicted octanol–water partition coefficient (Wildman–Crippen LogP) is 1.23. The Morgan fingerprint density at radius 1 is 1.36 bits per heavy atom. The van der Waals surface area contributed by atoms with Crippen LogP contribution in [0.5, 0.6) is 0 Å². The molecule has 14 heavy (non-hydrogen) atoms. The molecule has 82 valence electrons. The lowest BCUT2D eigenvalue weighted by Crippen LogP contribution is -2.17. The largest absolute Gasteiger partial charge is 0.527 e. The second kappa shape index (κ2) is 4.40. The number of halogens is 4. The van der Waals surface area contributed by atoms with Crippen LogP contribution in [0, 0.1) is 0 Å². The Morgan fingerprint density at radius 3 is 1.86 bits per heavy atom. The molecular formula is C5H6F4N2O2S. The van der Waals surface area contributed by atoms with Crippen LogP contribution in [0.4, 0.5) is 17.1 Å². The van der Waals surface area contributed by atoms with Crippen LogP contribution in [-0.4, -0.2) is 23.5 Å². The van der Waals surface area contributed by atoms with E-state index in [0.29, 0.717) is 0 Å². The molecule has 0 bridgehead atoms. The summed E-state index contributed by atoms with van der Waals surface area (Å²) in [6.07, 6.45) is 5.39. The fourth-order valence-electron chi connectivity index (χ4n) is 0.326. The average Bonchev–Trinajstić information content (AvgIpc) is 2.35. The molecule has 0 fully saturated rings. The highest BCUT2D eigenvalue weighted by Crippen LogP contribution is 2.23. The first-order valence-electron chi connectivity index (χ1n) is 3.07. The maximum atomic E-state index is 10.7. The van der Waals surface area contributed by atoms with E-state index in [1.807, 2.05) is 17.8 Å². The van der Waals surface area contributed by atoms with Gasteiger partial charge in [0.2, 0.25) is 0 Å². The number of rotatable bonds is 0. The Labute approximate surface area is 77.4 Å². The fraction of sp³-hybridized carbons (Fsp3) is 0.400. The third kappa shape index (κ3) is 4.80. The van der Waals surface area contributed by atoms with E-state index in [-0.39, 0.29) is 0 Å². The van der Waals surface area contributed by atoms with E-state index in [2.05, 4.69) is 4.98 Å². The van der Waals surface area contributed by atoms with Crippen molar-refractivity contribution < 1.29 is 25.5 Å². The Balaban J connectivity index is 0.000000249. The zero-order chi connectivity index (χ0) is 11.4. The van der Waals surface area contributed by atoms with Gasteiger partial charge in [-0.1, -0.05) is 3.89 Å². The first-order chi connectivity index (χ1) is 6.14. The van der Waals surface area contributed by atoms with Crippen molar-refractivity contribution in [3.63, 3.8) is 0 Å². The summed E-state index contributed by atoms with van der Waals surface area (Å²) in [5.41, 5.74) is -5.76. The molecule has 4 nitrogen and oxygen atoms in total. The number of aromatic nitrogens is 2. The molecule has 0 saturated heterocycles. The van der Waals surface area contributed by atoms with Gasteiger partial charge >= 0.3 is 15.7 Å². The van der Waals surface area contributed by atoms with Gasteiger partial charge in [-0.25, -0.2) is 4.98 Å². The third-order valence-electron chi connectivity index (χ3n) is 0.913. The summed E-state index contributed by atoms with van der Waals surface area (Å²) in [4.78, 5) is 3.78. The van der Waals surface area contributed by atoms with Gasteiger partial charge in [-0.3, -0.25) is 0 Å². The van der Waals surface area contributed by atoms with E-state index in [1.165, 1.54) is 0 Å². The lowest BCUT2D eigenvalue weighted by atomic mass is 10.9. The number of hydrogen-bond donors (Lipinski definition) is 0. The van der Waals surface area contributed by atoms with Crippen molar-refractivity contribution in [2.24, 2.45) is 7.05 Å². The van der Waals surface area contributed by atoms with E-state index in [9.17, 15) is 17.1 Å². The summed E-state index contributed by atoms with van der Waals surface area (Å²) in [7, 11) is -4.40. The molecule has 0 aliphatic heterocycles. The van der Waals surface area contributed by atoms with E-state index in [1.54, 1.807) is 12.5 Å². The predicted molar refractivity (Wildman–Crippen MR) is 39.3 cm³/mol. The third-order valence-corrected chi connectivity index (χ3v) is 1.47. The molecule has 9 heteroatoms. The van der Waals surface area contributed by atoms with Crippen molar-refractivity contribution in [1.29, 1.82) is 0 Å². The summed E-state index contributed by atoms with van der Waals surface area (Å²) < 4.78 is 62.2. The van der Waals surface area contributed by atoms with Crippen LogP contribution in [0.1, 0.15) is 0 Å². The van der Waals surface area contributed by atoms with Crippen LogP contribution >= 0.6 is 0 Å². The highest BCUT2D eigenvalue weighted by molar-refractivity contribution is 7.87. The number of aryl methyl sites for hydroxylation is 1. The van der Waals surface area contributed by atoms with Crippen molar-refractivity contribution in [3.05, 3.63) is 18.7 Å². The van der Waals surface area contributed by atoms with Gasteiger partial charge in [0.1, 0.15) is 0 Å². The molecule has 0 aliphatic carbocycles. The molecule has 0 aromatic carbocycles. The van der Waals surface area contributed by atoms with Crippen molar-refractivity contribution >= 4 is 10.2 Å². The number of imidazole rings is 1. The minimum Gasteiger partial charge on any atom is -0.341 e. The minimum absolute atomic E-state index is 1.75. The maximum Gasteiger partial charge on any atom is 0.527 e. The molecule has 0 atom stereocenters. The minimum atomic E-state index is -6.34. The Morgan fingerprint density at radius 2 is 1.79 bits per heavy atom. The van der Waals surface area contributed by atoms with E-state index in [4.69, 9.17) is 8.42 Å². The van der Waals surface area contributed by atoms with Crippen molar-refractivity contribution in [2.75, 3.05) is 0 Å². The van der Waals surface area contributed by atoms with Gasteiger partial charge in [0.25, 0.3) is 0 Å². The standard InChI is InChI=1S/C4H6N2.CF4O2S/c1-6-3-2-5-4-6;2-1(3,4)8(5,6)7/h2-4H,1H3;. The SMILES string of the molecule is Cn1ccnc1.O=S(=O)(F)C(F)(F)F. The van der Waals surface area contributed by atoms with Gasteiger partial charge in [-0.05, 0) is 0 Å². The van der Waals surface area contributed by atoms with Gasteiger partial charge in [0.15, 0.2) is 0 Å². The van der Waals surface area contributed by atoms with Gasteiger partial charge < -0.3 is 4.57 Å². The normalized spacial score (nSPS) is 11.8. The summed E-state index contributed by atoms with van der Waals surface area (Å²) in [5, 5.41) is 0. The summed E-state index contributed by atoms with van der Waals surface area (Å²) >= 11 is 0. The number of alkyl halides is 3. The Hall–Kier alpha value is -1.12. The van der Waals surface area contributed by atoms with Crippen LogP contribution in [0.2, 0.25) is 0 Å². The van der Waals surface area contributed by atoms with Crippen molar-refractivity contribution in [3.8, 4) is 0 Å². The molecule has 0 aliphatic rings. The van der Waals surface area contributed by atoms with Crippen LogP contribution in [0.3, 0.4) is 0 Å². The smallest absolute Gasteiger partial charge is 0.341 e. The lowest BCUT2D eigenvalue weighted by molar-refractivity contribution is -0.0478. The van der Waals surface area contributed by atoms with Gasteiger partial charge in [0.05, 0.1) is 6.33 Å². The zero-order valence-electron chi connectivity index (χ0n) is 6.86. The Bertz CT molecular complexity index is 356. The Kier molecular flexibility index (Phi) is 4.05. The molecule has 0 saturated carbocycles. The summed E-state index contributed by atoms with van der Waals surface area (Å²) in [6.45, 7) is 0. The van der Waals surface area contributed by atoms with Crippen LogP contribution < -0.4 is 0 Å². The fourth-order valence-corrected chi connectivity index (χ4v) is 0.326. The molecule has 0 radical (unpaired) electrons. The first-order valence-corrected chi connectivity index (χ1v) is 4.46. The second-order valence-corrected chi connectivity index (χ2v) is 3.45. The van der Waals surface area contributed by atoms with E-state index < -0.39 is 15.7 Å². The van der Waals surface area contributed by atoms with E-state index in [0.717, 1.165) is 0 Å². The molecule has 0 unspecified atom stereocenters. The molecular weight excluding hydrogens is 228 g/mol. The first kappa shape index (κ1) is 12.9. The second-order valence-electron chi connectivity index (χ2n) is 2.11. The summed E-state index contributed by atoms with van der Waals surface area (Å²) in [5.74, 6) is 0. The van der Waals surface area contributed by atoms with Gasteiger partial charge in [0, 0.05) is 19.4 Å². The van der Waals surface area contributed by atoms with Crippen LogP contribution in [0.15, 0.2) is 18.7 Å². The van der Waals surface area contributed by atoms with Gasteiger partial charge in [-0.15, -0.1) is 0 Å². The molecule has 0 spiro atoms. The molecule has 1 aromatic rings. The van der Waals surface area contributed by atoms with Crippen molar-refractivity contribution in [2.45, 2.75) is 5.51 Å². The quantitative estimate of drug-likeness (QED) is 0.501. The molecule has 1 aromatic heterocycles. The molecule has 0 amide bonds. The molecule has 1 rings (SSSR count). The zero-order valence-corrected chi connectivity index (χ0v) is 7.68. The maximum absolute atomic E-state index is 10.7. The highest BCUT2D eigenvalue weighted by Gasteiger charge is 2.46. The summed E-state index contributed by atoms with van der Waals surface area (Å²) in [6, 6.07) is 0. The van der Waals surface area contributed by atoms with Crippen LogP contribution in [0.25, 0.3) is 0 Å². The van der Waals surface area contributed by atoms with Crippen molar-refractivity contribution in [1.82, 2.24) is 9.55 Å². The highest BCUT2D eigenvalue weighted by atomic mass is 32.3.